The molecule has 7 heteroatoms. The third kappa shape index (κ3) is 5.26. The van der Waals surface area contributed by atoms with E-state index in [0.29, 0.717) is 0 Å². The van der Waals surface area contributed by atoms with Gasteiger partial charge in [-0.25, -0.2) is 4.98 Å². The molecule has 160 valence electrons. The highest BCUT2D eigenvalue weighted by molar-refractivity contribution is 6.06. The number of nitrogens with two attached hydrogens (primary N) is 1. The van der Waals surface area contributed by atoms with Crippen molar-refractivity contribution in [3.63, 3.8) is 0 Å². The quantitative estimate of drug-likeness (QED) is 0.139. The molecule has 6 N–H and O–H groups in total. The summed E-state index contributed by atoms with van der Waals surface area (Å²) in [5.74, 6) is 0. The van der Waals surface area contributed by atoms with Gasteiger partial charge in [0.1, 0.15) is 5.52 Å². The molecule has 0 amide bonds. The second kappa shape index (κ2) is 10.4. The van der Waals surface area contributed by atoms with Crippen molar-refractivity contribution in [1.29, 1.82) is 5.41 Å². The van der Waals surface area contributed by atoms with Crippen LogP contribution in [-0.4, -0.2) is 36.4 Å². The average Bonchev–Trinajstić information content (AvgIpc) is 2.77. The van der Waals surface area contributed by atoms with Gasteiger partial charge < -0.3 is 21.7 Å². The molecule has 0 fully saturated rings. The Labute approximate surface area is 182 Å². The first-order valence-electron chi connectivity index (χ1n) is 10.2. The second-order valence-electron chi connectivity index (χ2n) is 7.21. The van der Waals surface area contributed by atoms with Gasteiger partial charge >= 0.3 is 0 Å². The maximum atomic E-state index is 5.86. The van der Waals surface area contributed by atoms with E-state index in [2.05, 4.69) is 76.9 Å². The molecule has 2 aromatic heterocycles. The van der Waals surface area contributed by atoms with Crippen molar-refractivity contribution in [2.45, 2.75) is 13.8 Å². The fourth-order valence-electron chi connectivity index (χ4n) is 3.33. The number of aromatic nitrogens is 2. The summed E-state index contributed by atoms with van der Waals surface area (Å²) in [5.41, 5.74) is 12.9. The minimum atomic E-state index is 0.750. The van der Waals surface area contributed by atoms with E-state index in [1.807, 2.05) is 25.4 Å². The van der Waals surface area contributed by atoms with Crippen LogP contribution in [0.4, 0.5) is 17.1 Å². The molecule has 2 heterocycles. The molecule has 0 radical (unpaired) electrons. The third-order valence-corrected chi connectivity index (χ3v) is 5.00. The lowest BCUT2D eigenvalue weighted by molar-refractivity contribution is 0.824. The Morgan fingerprint density at radius 2 is 1.71 bits per heavy atom. The van der Waals surface area contributed by atoms with E-state index in [1.54, 1.807) is 0 Å². The van der Waals surface area contributed by atoms with Crippen LogP contribution in [0, 0.1) is 19.3 Å². The van der Waals surface area contributed by atoms with Crippen LogP contribution in [0.2, 0.25) is 0 Å². The zero-order valence-corrected chi connectivity index (χ0v) is 18.2. The maximum Gasteiger partial charge on any atom is 0.112 e. The summed E-state index contributed by atoms with van der Waals surface area (Å²) < 4.78 is 0. The molecule has 0 unspecified atom stereocenters. The van der Waals surface area contributed by atoms with Crippen molar-refractivity contribution in [3.8, 4) is 0 Å². The van der Waals surface area contributed by atoms with E-state index < -0.39 is 0 Å². The van der Waals surface area contributed by atoms with Crippen molar-refractivity contribution in [3.05, 3.63) is 65.9 Å². The van der Waals surface area contributed by atoms with E-state index >= 15 is 0 Å². The van der Waals surface area contributed by atoms with E-state index in [4.69, 9.17) is 10.4 Å². The summed E-state index contributed by atoms with van der Waals surface area (Å²) in [6, 6.07) is 16.6. The van der Waals surface area contributed by atoms with Crippen LogP contribution in [0.5, 0.6) is 0 Å². The Bertz CT molecular complexity index is 1190. The SMILES string of the molecule is CNCCNc1c2cc(Nc3ccc(C)c(C)c3)ccc2nc2cccnc12.N=CN. The number of pyridine rings is 2. The number of hydrogen-bond acceptors (Lipinski definition) is 6. The molecular weight excluding hydrogens is 386 g/mol. The summed E-state index contributed by atoms with van der Waals surface area (Å²) in [6.07, 6.45) is 2.57. The van der Waals surface area contributed by atoms with Crippen LogP contribution in [0.3, 0.4) is 0 Å². The van der Waals surface area contributed by atoms with Gasteiger partial charge in [-0.2, -0.15) is 0 Å². The third-order valence-electron chi connectivity index (χ3n) is 5.00. The van der Waals surface area contributed by atoms with Gasteiger partial charge in [-0.1, -0.05) is 6.07 Å². The predicted molar refractivity (Wildman–Crippen MR) is 132 cm³/mol. The van der Waals surface area contributed by atoms with E-state index in [9.17, 15) is 0 Å². The minimum absolute atomic E-state index is 0.750. The van der Waals surface area contributed by atoms with Crippen LogP contribution < -0.4 is 21.7 Å². The van der Waals surface area contributed by atoms with Crippen molar-refractivity contribution >= 4 is 45.3 Å². The van der Waals surface area contributed by atoms with Crippen LogP contribution in [0.15, 0.2) is 54.7 Å². The summed E-state index contributed by atoms with van der Waals surface area (Å²) >= 11 is 0. The molecule has 4 aromatic rings. The lowest BCUT2D eigenvalue weighted by atomic mass is 10.1. The Morgan fingerprint density at radius 1 is 0.968 bits per heavy atom. The highest BCUT2D eigenvalue weighted by Crippen LogP contribution is 2.32. The van der Waals surface area contributed by atoms with Crippen LogP contribution in [-0.2, 0) is 0 Å². The molecule has 31 heavy (non-hydrogen) atoms. The molecule has 7 nitrogen and oxygen atoms in total. The van der Waals surface area contributed by atoms with E-state index in [-0.39, 0.29) is 0 Å². The van der Waals surface area contributed by atoms with E-state index in [0.717, 1.165) is 58.4 Å². The zero-order chi connectivity index (χ0) is 22.2. The molecule has 0 saturated carbocycles. The van der Waals surface area contributed by atoms with Gasteiger partial charge in [0.15, 0.2) is 0 Å². The molecule has 0 aliphatic carbocycles. The maximum absolute atomic E-state index is 5.86. The van der Waals surface area contributed by atoms with Gasteiger partial charge in [0.2, 0.25) is 0 Å². The summed E-state index contributed by atoms with van der Waals surface area (Å²) in [7, 11) is 1.95. The number of hydrogen-bond donors (Lipinski definition) is 5. The number of fused-ring (bicyclic) bond motifs is 2. The summed E-state index contributed by atoms with van der Waals surface area (Å²) in [4.78, 5) is 9.37. The fourth-order valence-corrected chi connectivity index (χ4v) is 3.33. The summed E-state index contributed by atoms with van der Waals surface area (Å²) in [6.45, 7) is 5.95. The standard InChI is InChI=1S/C23H25N5.CH4N2/c1-15-6-7-17(13-16(15)2)27-18-8-9-20-19(14-18)22(26-12-11-24-3)23-21(28-20)5-4-10-25-23;2-1-3/h4-10,13-14,24,27H,11-12H2,1-3H3,(H,26,28);1H,(H3,2,3). The normalized spacial score (nSPS) is 10.4. The van der Waals surface area contributed by atoms with Gasteiger partial charge in [-0.3, -0.25) is 10.4 Å². The van der Waals surface area contributed by atoms with Crippen molar-refractivity contribution < 1.29 is 0 Å². The molecule has 0 bridgehead atoms. The minimum Gasteiger partial charge on any atom is -0.390 e. The number of nitrogens with one attached hydrogen (secondary N) is 4. The largest absolute Gasteiger partial charge is 0.390 e. The molecule has 0 spiro atoms. The van der Waals surface area contributed by atoms with Gasteiger partial charge in [-0.15, -0.1) is 0 Å². The average molecular weight is 416 g/mol. The molecule has 0 aliphatic heterocycles. The lowest BCUT2D eigenvalue weighted by Crippen LogP contribution is -2.18. The zero-order valence-electron chi connectivity index (χ0n) is 18.2. The molecule has 0 atom stereocenters. The topological polar surface area (TPSA) is 112 Å². The van der Waals surface area contributed by atoms with Crippen molar-refractivity contribution in [1.82, 2.24) is 15.3 Å². The molecule has 0 aliphatic rings. The van der Waals surface area contributed by atoms with Crippen LogP contribution >= 0.6 is 0 Å². The van der Waals surface area contributed by atoms with Gasteiger partial charge in [0.05, 0.1) is 23.1 Å². The highest BCUT2D eigenvalue weighted by atomic mass is 15.0. The number of aryl methyl sites for hydroxylation is 2. The molecule has 0 saturated heterocycles. The first kappa shape index (κ1) is 22.0. The number of anilines is 3. The van der Waals surface area contributed by atoms with Crippen LogP contribution in [0.1, 0.15) is 11.1 Å². The Hall–Kier alpha value is -3.71. The van der Waals surface area contributed by atoms with Crippen molar-refractivity contribution in [2.75, 3.05) is 30.8 Å². The number of likely N-dealkylation sites (N-methyl/N-ethyl adjacent to an activating group) is 1. The molecular formula is C24H29N7. The number of nitrogens with zero attached hydrogens (tertiary/aromatic N) is 2. The Balaban J connectivity index is 0.000000858. The van der Waals surface area contributed by atoms with Gasteiger partial charge in [-0.05, 0) is 74.5 Å². The van der Waals surface area contributed by atoms with Gasteiger partial charge in [0.25, 0.3) is 0 Å². The monoisotopic (exact) mass is 415 g/mol. The first-order valence-corrected chi connectivity index (χ1v) is 10.2. The van der Waals surface area contributed by atoms with Gasteiger partial charge in [0, 0.05) is 36.0 Å². The molecule has 4 rings (SSSR count). The Kier molecular flexibility index (Phi) is 7.35. The number of rotatable bonds is 6. The fraction of sp³-hybridized carbons (Fsp3) is 0.208. The van der Waals surface area contributed by atoms with E-state index in [1.165, 1.54) is 11.1 Å². The highest BCUT2D eigenvalue weighted by Gasteiger charge is 2.11. The smallest absolute Gasteiger partial charge is 0.112 e. The lowest BCUT2D eigenvalue weighted by Gasteiger charge is -2.14. The Morgan fingerprint density at radius 3 is 2.45 bits per heavy atom. The summed E-state index contributed by atoms with van der Waals surface area (Å²) in [5, 5.41) is 17.2. The predicted octanol–water partition coefficient (Wildman–Crippen LogP) is 4.33. The van der Waals surface area contributed by atoms with Crippen molar-refractivity contribution in [2.24, 2.45) is 5.73 Å². The van der Waals surface area contributed by atoms with Crippen LogP contribution in [0.25, 0.3) is 21.9 Å². The molecule has 2 aromatic carbocycles. The second-order valence-corrected chi connectivity index (χ2v) is 7.21. The first-order chi connectivity index (χ1) is 15.1. The number of benzene rings is 2.